The summed E-state index contributed by atoms with van der Waals surface area (Å²) in [6.45, 7) is 9.54. The van der Waals surface area contributed by atoms with Gasteiger partial charge in [0.05, 0.1) is 0 Å². The molecular formula is C28H31N5O3. The number of aryl methyl sites for hydroxylation is 1. The molecule has 8 nitrogen and oxygen atoms in total. The molecule has 2 amide bonds. The van der Waals surface area contributed by atoms with Crippen LogP contribution in [0.15, 0.2) is 53.8 Å². The van der Waals surface area contributed by atoms with Crippen LogP contribution in [0.25, 0.3) is 11.1 Å². The third-order valence-corrected chi connectivity index (χ3v) is 7.44. The molecule has 0 radical (unpaired) electrons. The molecule has 3 aromatic rings. The molecular weight excluding hydrogens is 454 g/mol. The lowest BCUT2D eigenvalue weighted by Crippen LogP contribution is -2.38. The number of benzene rings is 1. The average molecular weight is 486 g/mol. The van der Waals surface area contributed by atoms with Crippen molar-refractivity contribution in [1.82, 2.24) is 25.3 Å². The van der Waals surface area contributed by atoms with Crippen LogP contribution in [0.2, 0.25) is 0 Å². The number of hydrogen-bond donors (Lipinski definition) is 1. The molecule has 3 heterocycles. The molecule has 1 aliphatic heterocycles. The van der Waals surface area contributed by atoms with Crippen molar-refractivity contribution in [2.45, 2.75) is 57.4 Å². The Morgan fingerprint density at radius 2 is 2.14 bits per heavy atom. The highest BCUT2D eigenvalue weighted by Crippen LogP contribution is 2.46. The van der Waals surface area contributed by atoms with Gasteiger partial charge in [0.1, 0.15) is 0 Å². The summed E-state index contributed by atoms with van der Waals surface area (Å²) >= 11 is 0. The van der Waals surface area contributed by atoms with E-state index in [2.05, 4.69) is 46.1 Å². The van der Waals surface area contributed by atoms with Gasteiger partial charge in [-0.15, -0.1) is 0 Å². The van der Waals surface area contributed by atoms with Crippen LogP contribution >= 0.6 is 0 Å². The van der Waals surface area contributed by atoms with E-state index in [-0.39, 0.29) is 29.0 Å². The van der Waals surface area contributed by atoms with Gasteiger partial charge in [0, 0.05) is 43.4 Å². The fraction of sp³-hybridized carbons (Fsp3) is 0.393. The van der Waals surface area contributed by atoms with Crippen molar-refractivity contribution in [2.24, 2.45) is 0 Å². The Morgan fingerprint density at radius 1 is 1.31 bits per heavy atom. The Labute approximate surface area is 210 Å². The number of hydrogen-bond acceptors (Lipinski definition) is 6. The van der Waals surface area contributed by atoms with Crippen LogP contribution in [-0.2, 0) is 16.8 Å². The second-order valence-corrected chi connectivity index (χ2v) is 10.1. The quantitative estimate of drug-likeness (QED) is 0.501. The summed E-state index contributed by atoms with van der Waals surface area (Å²) < 4.78 is 5.29. The van der Waals surface area contributed by atoms with E-state index in [0.717, 1.165) is 60.0 Å². The Bertz CT molecular complexity index is 1310. The van der Waals surface area contributed by atoms with Crippen LogP contribution in [0.3, 0.4) is 0 Å². The van der Waals surface area contributed by atoms with Crippen molar-refractivity contribution in [3.63, 3.8) is 0 Å². The maximum absolute atomic E-state index is 12.6. The van der Waals surface area contributed by atoms with Crippen LogP contribution in [0.4, 0.5) is 0 Å². The first kappa shape index (κ1) is 23.9. The zero-order valence-electron chi connectivity index (χ0n) is 20.8. The highest BCUT2D eigenvalue weighted by molar-refractivity contribution is 5.90. The molecule has 2 aromatic heterocycles. The van der Waals surface area contributed by atoms with Gasteiger partial charge in [-0.3, -0.25) is 14.6 Å². The lowest BCUT2D eigenvalue weighted by atomic mass is 9.86. The fourth-order valence-corrected chi connectivity index (χ4v) is 4.83. The number of likely N-dealkylation sites (tertiary alicyclic amines) is 1. The van der Waals surface area contributed by atoms with Gasteiger partial charge in [-0.2, -0.15) is 4.98 Å². The average Bonchev–Trinajstić information content (AvgIpc) is 3.45. The highest BCUT2D eigenvalue weighted by atomic mass is 16.5. The molecule has 1 aliphatic carbocycles. The first-order valence-electron chi connectivity index (χ1n) is 12.5. The van der Waals surface area contributed by atoms with Crippen molar-refractivity contribution in [1.29, 1.82) is 0 Å². The van der Waals surface area contributed by atoms with Crippen LogP contribution in [0.5, 0.6) is 0 Å². The Kier molecular flexibility index (Phi) is 6.43. The van der Waals surface area contributed by atoms with Crippen LogP contribution < -0.4 is 5.32 Å². The smallest absolute Gasteiger partial charge is 0.292 e. The minimum absolute atomic E-state index is 0.0221. The SMILES string of the molecule is C=CC(=O)N1CCCC(c2cnccc2-c2ccc(CNC(=O)c3noc(C4(C)CC4)n3)c(C)c2)C1. The second-order valence-electron chi connectivity index (χ2n) is 10.1. The van der Waals surface area contributed by atoms with Crippen molar-refractivity contribution in [3.05, 3.63) is 77.7 Å². The molecule has 1 N–H and O–H groups in total. The van der Waals surface area contributed by atoms with Gasteiger partial charge in [-0.05, 0) is 72.6 Å². The van der Waals surface area contributed by atoms with Crippen molar-refractivity contribution < 1.29 is 14.1 Å². The van der Waals surface area contributed by atoms with Crippen LogP contribution in [-0.4, -0.2) is 44.9 Å². The first-order valence-corrected chi connectivity index (χ1v) is 12.5. The van der Waals surface area contributed by atoms with E-state index in [0.29, 0.717) is 19.0 Å². The highest BCUT2D eigenvalue weighted by Gasteiger charge is 2.44. The summed E-state index contributed by atoms with van der Waals surface area (Å²) in [6.07, 6.45) is 9.10. The van der Waals surface area contributed by atoms with Gasteiger partial charge in [-0.25, -0.2) is 0 Å². The maximum Gasteiger partial charge on any atom is 0.292 e. The second kappa shape index (κ2) is 9.68. The van der Waals surface area contributed by atoms with E-state index >= 15 is 0 Å². The topological polar surface area (TPSA) is 101 Å². The van der Waals surface area contributed by atoms with Crippen molar-refractivity contribution in [2.75, 3.05) is 13.1 Å². The van der Waals surface area contributed by atoms with Gasteiger partial charge >= 0.3 is 0 Å². The number of carbonyl (C=O) groups excluding carboxylic acids is 2. The molecule has 2 aliphatic rings. The predicted molar refractivity (Wildman–Crippen MR) is 135 cm³/mol. The van der Waals surface area contributed by atoms with Crippen LogP contribution in [0, 0.1) is 6.92 Å². The standard InChI is InChI=1S/C28H31N5O3/c1-4-24(34)33-13-5-6-21(17-33)23-16-29-12-9-22(23)19-7-8-20(18(2)14-19)15-30-26(35)25-31-27(36-32-25)28(3)10-11-28/h4,7-9,12,14,16,21H,1,5-6,10-11,13,15,17H2,2-3H3,(H,30,35). The van der Waals surface area contributed by atoms with E-state index in [9.17, 15) is 9.59 Å². The lowest BCUT2D eigenvalue weighted by molar-refractivity contribution is -0.127. The Morgan fingerprint density at radius 3 is 2.89 bits per heavy atom. The normalized spacial score (nSPS) is 18.5. The summed E-state index contributed by atoms with van der Waals surface area (Å²) in [7, 11) is 0. The van der Waals surface area contributed by atoms with Crippen molar-refractivity contribution in [3.8, 4) is 11.1 Å². The van der Waals surface area contributed by atoms with E-state index in [4.69, 9.17) is 4.52 Å². The third-order valence-electron chi connectivity index (χ3n) is 7.44. The number of piperidine rings is 1. The maximum atomic E-state index is 12.6. The number of amides is 2. The van der Waals surface area contributed by atoms with Gasteiger partial charge < -0.3 is 14.7 Å². The molecule has 0 bridgehead atoms. The lowest BCUT2D eigenvalue weighted by Gasteiger charge is -2.33. The molecule has 1 aromatic carbocycles. The van der Waals surface area contributed by atoms with Gasteiger partial charge in [0.15, 0.2) is 0 Å². The van der Waals surface area contributed by atoms with Gasteiger partial charge in [0.2, 0.25) is 11.8 Å². The third kappa shape index (κ3) is 4.80. The summed E-state index contributed by atoms with van der Waals surface area (Å²) in [4.78, 5) is 35.3. The Balaban J connectivity index is 1.29. The Hall–Kier alpha value is -3.81. The molecule has 8 heteroatoms. The van der Waals surface area contributed by atoms with Crippen LogP contribution in [0.1, 0.15) is 71.7 Å². The molecule has 1 saturated heterocycles. The molecule has 1 unspecified atom stereocenters. The molecule has 5 rings (SSSR count). The summed E-state index contributed by atoms with van der Waals surface area (Å²) in [5.41, 5.74) is 5.38. The van der Waals surface area contributed by atoms with E-state index < -0.39 is 0 Å². The molecule has 1 saturated carbocycles. The molecule has 36 heavy (non-hydrogen) atoms. The first-order chi connectivity index (χ1) is 17.4. The monoisotopic (exact) mass is 485 g/mol. The zero-order valence-corrected chi connectivity index (χ0v) is 20.8. The minimum atomic E-state index is -0.343. The van der Waals surface area contributed by atoms with Gasteiger partial charge in [-0.1, -0.05) is 36.9 Å². The predicted octanol–water partition coefficient (Wildman–Crippen LogP) is 4.31. The van der Waals surface area contributed by atoms with E-state index in [1.54, 1.807) is 6.20 Å². The fourth-order valence-electron chi connectivity index (χ4n) is 4.83. The number of nitrogens with one attached hydrogen (secondary N) is 1. The van der Waals surface area contributed by atoms with Crippen molar-refractivity contribution >= 4 is 11.8 Å². The number of aromatic nitrogens is 3. The van der Waals surface area contributed by atoms with E-state index in [1.807, 2.05) is 30.2 Å². The molecule has 2 fully saturated rings. The van der Waals surface area contributed by atoms with E-state index in [1.165, 1.54) is 6.08 Å². The zero-order chi connectivity index (χ0) is 25.3. The van der Waals surface area contributed by atoms with Gasteiger partial charge in [0.25, 0.3) is 11.7 Å². The minimum Gasteiger partial charge on any atom is -0.345 e. The largest absolute Gasteiger partial charge is 0.345 e. The number of carbonyl (C=O) groups is 2. The number of nitrogens with zero attached hydrogens (tertiary/aromatic N) is 4. The summed E-state index contributed by atoms with van der Waals surface area (Å²) in [5, 5.41) is 6.76. The number of rotatable bonds is 7. The summed E-state index contributed by atoms with van der Waals surface area (Å²) in [6, 6.07) is 8.28. The molecule has 186 valence electrons. The number of pyridine rings is 1. The molecule has 1 atom stereocenters. The summed E-state index contributed by atoms with van der Waals surface area (Å²) in [5.74, 6) is 0.473. The molecule has 0 spiro atoms.